The van der Waals surface area contributed by atoms with Gasteiger partial charge >= 0.3 is 0 Å². The zero-order valence-corrected chi connectivity index (χ0v) is 8.34. The summed E-state index contributed by atoms with van der Waals surface area (Å²) >= 11 is 1.46. The number of hydrogen-bond acceptors (Lipinski definition) is 3. The first kappa shape index (κ1) is 9.27. The van der Waals surface area contributed by atoms with E-state index in [0.717, 1.165) is 15.6 Å². The van der Waals surface area contributed by atoms with Crippen molar-refractivity contribution in [2.45, 2.75) is 16.7 Å². The molecule has 0 radical (unpaired) electrons. The van der Waals surface area contributed by atoms with E-state index in [1.165, 1.54) is 24.0 Å². The van der Waals surface area contributed by atoms with Gasteiger partial charge in [-0.05, 0) is 19.1 Å². The van der Waals surface area contributed by atoms with Gasteiger partial charge in [0, 0.05) is 17.2 Å². The number of nitrogens with zero attached hydrogens (tertiary/aromatic N) is 1. The van der Waals surface area contributed by atoms with Gasteiger partial charge < -0.3 is 4.42 Å². The number of aromatic nitrogens is 1. The summed E-state index contributed by atoms with van der Waals surface area (Å²) in [7, 11) is 0. The molecule has 2 aromatic heterocycles. The number of aryl methyl sites for hydroxylation is 1. The molecule has 0 aromatic carbocycles. The standard InChI is InChI=1S/C10H8FNOS/c1-7-9(3-5-13-7)14-8-2-4-12-10(11)6-8/h2-6H,1H3. The minimum absolute atomic E-state index is 0.462. The minimum Gasteiger partial charge on any atom is -0.468 e. The Bertz CT molecular complexity index is 441. The maximum atomic E-state index is 12.7. The second kappa shape index (κ2) is 3.84. The quantitative estimate of drug-likeness (QED) is 0.710. The summed E-state index contributed by atoms with van der Waals surface area (Å²) < 4.78 is 17.9. The van der Waals surface area contributed by atoms with Crippen LogP contribution in [0.5, 0.6) is 0 Å². The monoisotopic (exact) mass is 209 g/mol. The van der Waals surface area contributed by atoms with Crippen LogP contribution in [0.15, 0.2) is 44.9 Å². The largest absolute Gasteiger partial charge is 0.468 e. The van der Waals surface area contributed by atoms with E-state index >= 15 is 0 Å². The van der Waals surface area contributed by atoms with E-state index in [-0.39, 0.29) is 0 Å². The molecule has 0 aliphatic rings. The van der Waals surface area contributed by atoms with Crippen molar-refractivity contribution in [2.75, 3.05) is 0 Å². The Hall–Kier alpha value is -1.29. The number of pyridine rings is 1. The van der Waals surface area contributed by atoms with E-state index in [9.17, 15) is 4.39 Å². The Balaban J connectivity index is 2.23. The van der Waals surface area contributed by atoms with Crippen molar-refractivity contribution >= 4 is 11.8 Å². The predicted molar refractivity (Wildman–Crippen MR) is 51.8 cm³/mol. The summed E-state index contributed by atoms with van der Waals surface area (Å²) in [6.45, 7) is 1.87. The van der Waals surface area contributed by atoms with Gasteiger partial charge in [-0.1, -0.05) is 11.8 Å². The molecule has 2 rings (SSSR count). The lowest BCUT2D eigenvalue weighted by molar-refractivity contribution is 0.527. The molecule has 0 aliphatic heterocycles. The summed E-state index contributed by atoms with van der Waals surface area (Å²) in [4.78, 5) is 5.31. The van der Waals surface area contributed by atoms with Gasteiger partial charge in [0.2, 0.25) is 5.95 Å². The summed E-state index contributed by atoms with van der Waals surface area (Å²) in [5, 5.41) is 0. The van der Waals surface area contributed by atoms with E-state index in [1.807, 2.05) is 13.0 Å². The maximum Gasteiger partial charge on any atom is 0.213 e. The second-order valence-corrected chi connectivity index (χ2v) is 3.87. The fourth-order valence-corrected chi connectivity index (χ4v) is 1.91. The SMILES string of the molecule is Cc1occc1Sc1ccnc(F)c1. The molecule has 0 aliphatic carbocycles. The van der Waals surface area contributed by atoms with Gasteiger partial charge in [0.15, 0.2) is 0 Å². The smallest absolute Gasteiger partial charge is 0.213 e. The van der Waals surface area contributed by atoms with Crippen molar-refractivity contribution in [3.05, 3.63) is 42.4 Å². The van der Waals surface area contributed by atoms with Crippen LogP contribution in [0.1, 0.15) is 5.76 Å². The van der Waals surface area contributed by atoms with Gasteiger partial charge in [0.25, 0.3) is 0 Å². The van der Waals surface area contributed by atoms with Gasteiger partial charge in [-0.2, -0.15) is 4.39 Å². The molecule has 0 fully saturated rings. The lowest BCUT2D eigenvalue weighted by Crippen LogP contribution is -1.81. The molecule has 0 spiro atoms. The van der Waals surface area contributed by atoms with Crippen LogP contribution in [0.3, 0.4) is 0 Å². The van der Waals surface area contributed by atoms with Crippen LogP contribution in [0.25, 0.3) is 0 Å². The molecule has 2 nitrogen and oxygen atoms in total. The van der Waals surface area contributed by atoms with Crippen molar-refractivity contribution in [3.8, 4) is 0 Å². The highest BCUT2D eigenvalue weighted by molar-refractivity contribution is 7.99. The van der Waals surface area contributed by atoms with Gasteiger partial charge in [-0.3, -0.25) is 0 Å². The Kier molecular flexibility index (Phi) is 2.54. The van der Waals surface area contributed by atoms with Gasteiger partial charge in [-0.15, -0.1) is 0 Å². The molecule has 2 heterocycles. The highest BCUT2D eigenvalue weighted by Gasteiger charge is 2.04. The van der Waals surface area contributed by atoms with E-state index in [4.69, 9.17) is 4.42 Å². The Labute approximate surface area is 85.2 Å². The first-order chi connectivity index (χ1) is 6.75. The molecule has 0 bridgehead atoms. The molecule has 2 aromatic rings. The molecule has 0 saturated heterocycles. The number of halogens is 1. The minimum atomic E-state index is -0.462. The number of rotatable bonds is 2. The van der Waals surface area contributed by atoms with Crippen molar-refractivity contribution in [1.82, 2.24) is 4.98 Å². The lowest BCUT2D eigenvalue weighted by Gasteiger charge is -1.98. The summed E-state index contributed by atoms with van der Waals surface area (Å²) in [5.74, 6) is 0.378. The third-order valence-electron chi connectivity index (χ3n) is 1.74. The molecule has 4 heteroatoms. The first-order valence-corrected chi connectivity index (χ1v) is 4.91. The van der Waals surface area contributed by atoms with Crippen LogP contribution >= 0.6 is 11.8 Å². The highest BCUT2D eigenvalue weighted by Crippen LogP contribution is 2.30. The Morgan fingerprint density at radius 3 is 2.93 bits per heavy atom. The normalized spacial score (nSPS) is 10.4. The van der Waals surface area contributed by atoms with E-state index in [2.05, 4.69) is 4.98 Å². The molecule has 0 N–H and O–H groups in total. The molecule has 14 heavy (non-hydrogen) atoms. The topological polar surface area (TPSA) is 26.0 Å². The molecular formula is C10H8FNOS. The van der Waals surface area contributed by atoms with Gasteiger partial charge in [0.05, 0.1) is 11.2 Å². The van der Waals surface area contributed by atoms with Crippen molar-refractivity contribution < 1.29 is 8.81 Å². The molecule has 0 amide bonds. The molecule has 0 saturated carbocycles. The average molecular weight is 209 g/mol. The zero-order valence-electron chi connectivity index (χ0n) is 7.53. The molecule has 72 valence electrons. The fraction of sp³-hybridized carbons (Fsp3) is 0.100. The van der Waals surface area contributed by atoms with E-state index < -0.39 is 5.95 Å². The van der Waals surface area contributed by atoms with Crippen LogP contribution in [-0.4, -0.2) is 4.98 Å². The summed E-state index contributed by atoms with van der Waals surface area (Å²) in [6.07, 6.45) is 3.07. The van der Waals surface area contributed by atoms with Gasteiger partial charge in [-0.25, -0.2) is 4.98 Å². The molecular weight excluding hydrogens is 201 g/mol. The molecule has 0 atom stereocenters. The van der Waals surface area contributed by atoms with Crippen LogP contribution in [0.2, 0.25) is 0 Å². The Morgan fingerprint density at radius 1 is 1.43 bits per heavy atom. The predicted octanol–water partition coefficient (Wildman–Crippen LogP) is 3.27. The fourth-order valence-electron chi connectivity index (χ4n) is 1.05. The van der Waals surface area contributed by atoms with Crippen molar-refractivity contribution in [3.63, 3.8) is 0 Å². The van der Waals surface area contributed by atoms with E-state index in [0.29, 0.717) is 0 Å². The molecule has 0 unspecified atom stereocenters. The zero-order chi connectivity index (χ0) is 9.97. The number of furan rings is 1. The second-order valence-electron chi connectivity index (χ2n) is 2.76. The summed E-state index contributed by atoms with van der Waals surface area (Å²) in [5.41, 5.74) is 0. The van der Waals surface area contributed by atoms with Gasteiger partial charge in [0.1, 0.15) is 5.76 Å². The van der Waals surface area contributed by atoms with Crippen LogP contribution in [-0.2, 0) is 0 Å². The average Bonchev–Trinajstić information content (AvgIpc) is 2.52. The maximum absolute atomic E-state index is 12.7. The van der Waals surface area contributed by atoms with Crippen molar-refractivity contribution in [1.29, 1.82) is 0 Å². The van der Waals surface area contributed by atoms with Crippen LogP contribution < -0.4 is 0 Å². The van der Waals surface area contributed by atoms with Crippen LogP contribution in [0.4, 0.5) is 4.39 Å². The lowest BCUT2D eigenvalue weighted by atomic mass is 10.5. The van der Waals surface area contributed by atoms with E-state index in [1.54, 1.807) is 12.3 Å². The third-order valence-corrected chi connectivity index (χ3v) is 2.87. The third kappa shape index (κ3) is 1.96. The van der Waals surface area contributed by atoms with Crippen molar-refractivity contribution in [2.24, 2.45) is 0 Å². The Morgan fingerprint density at radius 2 is 2.29 bits per heavy atom. The highest BCUT2D eigenvalue weighted by atomic mass is 32.2. The summed E-state index contributed by atoms with van der Waals surface area (Å²) in [6, 6.07) is 5.02. The first-order valence-electron chi connectivity index (χ1n) is 4.09. The van der Waals surface area contributed by atoms with Crippen LogP contribution in [0, 0.1) is 12.9 Å². The number of hydrogen-bond donors (Lipinski definition) is 0.